The fourth-order valence-corrected chi connectivity index (χ4v) is 2.89. The highest BCUT2D eigenvalue weighted by atomic mass is 32.2. The Morgan fingerprint density at radius 2 is 2.00 bits per heavy atom. The fraction of sp³-hybridized carbons (Fsp3) is 0.188. The lowest BCUT2D eigenvalue weighted by atomic mass is 10.1. The largest absolute Gasteiger partial charge is 0.293 e. The van der Waals surface area contributed by atoms with Gasteiger partial charge in [-0.05, 0) is 29.8 Å². The molecule has 0 fully saturated rings. The Morgan fingerprint density at radius 1 is 1.21 bits per heavy atom. The van der Waals surface area contributed by atoms with E-state index in [0.717, 1.165) is 11.1 Å². The molecule has 0 bridgehead atoms. The number of nitrogens with zero attached hydrogens (tertiary/aromatic N) is 3. The minimum Gasteiger partial charge on any atom is -0.293 e. The molecular formula is C16H16N4O3S. The van der Waals surface area contributed by atoms with E-state index < -0.39 is 9.84 Å². The van der Waals surface area contributed by atoms with Crippen molar-refractivity contribution < 1.29 is 13.2 Å². The maximum absolute atomic E-state index is 11.7. The number of hydrogen-bond donors (Lipinski definition) is 1. The standard InChI is InChI=1S/C16H16N4O3S/c1-3-15(21)18-16-17-14-8-7-12(10-20(14)19-16)11-5-4-6-13(9-11)24(2,22)23/h4-10H,3H2,1-2H3,(H,18,19,21). The van der Waals surface area contributed by atoms with Gasteiger partial charge >= 0.3 is 0 Å². The number of nitrogens with one attached hydrogen (secondary N) is 1. The van der Waals surface area contributed by atoms with Crippen LogP contribution in [-0.4, -0.2) is 35.2 Å². The van der Waals surface area contributed by atoms with E-state index in [2.05, 4.69) is 15.4 Å². The van der Waals surface area contributed by atoms with Gasteiger partial charge in [-0.2, -0.15) is 4.98 Å². The van der Waals surface area contributed by atoms with Gasteiger partial charge in [0.15, 0.2) is 15.5 Å². The molecule has 2 aromatic heterocycles. The number of fused-ring (bicyclic) bond motifs is 1. The summed E-state index contributed by atoms with van der Waals surface area (Å²) in [5, 5.41) is 6.82. The van der Waals surface area contributed by atoms with Crippen molar-refractivity contribution in [3.63, 3.8) is 0 Å². The van der Waals surface area contributed by atoms with Crippen molar-refractivity contribution in [1.29, 1.82) is 0 Å². The molecule has 0 saturated heterocycles. The molecule has 24 heavy (non-hydrogen) atoms. The second-order valence-electron chi connectivity index (χ2n) is 5.36. The number of carbonyl (C=O) groups is 1. The third-order valence-corrected chi connectivity index (χ3v) is 4.61. The van der Waals surface area contributed by atoms with Crippen molar-refractivity contribution in [3.05, 3.63) is 42.6 Å². The number of aromatic nitrogens is 3. The first-order valence-electron chi connectivity index (χ1n) is 7.33. The van der Waals surface area contributed by atoms with Crippen LogP contribution in [0, 0.1) is 0 Å². The molecule has 0 spiro atoms. The first kappa shape index (κ1) is 16.1. The van der Waals surface area contributed by atoms with Crippen LogP contribution in [-0.2, 0) is 14.6 Å². The summed E-state index contributed by atoms with van der Waals surface area (Å²) in [5.41, 5.74) is 2.14. The van der Waals surface area contributed by atoms with Crippen LogP contribution in [0.15, 0.2) is 47.5 Å². The molecule has 0 radical (unpaired) electrons. The van der Waals surface area contributed by atoms with Crippen molar-refractivity contribution in [2.75, 3.05) is 11.6 Å². The molecule has 8 heteroatoms. The SMILES string of the molecule is CCC(=O)Nc1nc2ccc(-c3cccc(S(C)(=O)=O)c3)cn2n1. The summed E-state index contributed by atoms with van der Waals surface area (Å²) in [7, 11) is -3.27. The van der Waals surface area contributed by atoms with Gasteiger partial charge in [0.2, 0.25) is 11.9 Å². The topological polar surface area (TPSA) is 93.4 Å². The maximum Gasteiger partial charge on any atom is 0.249 e. The summed E-state index contributed by atoms with van der Waals surface area (Å²) in [5.74, 6) is 0.0795. The zero-order valence-electron chi connectivity index (χ0n) is 13.2. The molecule has 0 unspecified atom stereocenters. The summed E-state index contributed by atoms with van der Waals surface area (Å²) in [6.45, 7) is 1.75. The molecule has 3 rings (SSSR count). The Morgan fingerprint density at radius 3 is 2.71 bits per heavy atom. The molecule has 1 N–H and O–H groups in total. The minimum absolute atomic E-state index is 0.160. The van der Waals surface area contributed by atoms with Crippen molar-refractivity contribution in [3.8, 4) is 11.1 Å². The van der Waals surface area contributed by atoms with Crippen LogP contribution in [0.5, 0.6) is 0 Å². The van der Waals surface area contributed by atoms with E-state index in [1.807, 2.05) is 12.1 Å². The highest BCUT2D eigenvalue weighted by Gasteiger charge is 2.10. The number of hydrogen-bond acceptors (Lipinski definition) is 5. The van der Waals surface area contributed by atoms with Crippen LogP contribution < -0.4 is 5.32 Å². The zero-order chi connectivity index (χ0) is 17.3. The molecule has 2 heterocycles. The Labute approximate surface area is 139 Å². The zero-order valence-corrected chi connectivity index (χ0v) is 14.0. The van der Waals surface area contributed by atoms with Gasteiger partial charge in [0.25, 0.3) is 0 Å². The summed E-state index contributed by atoms with van der Waals surface area (Å²) in [6, 6.07) is 10.3. The van der Waals surface area contributed by atoms with E-state index in [9.17, 15) is 13.2 Å². The third-order valence-electron chi connectivity index (χ3n) is 3.50. The number of pyridine rings is 1. The average Bonchev–Trinajstić information content (AvgIpc) is 2.95. The molecule has 1 aromatic carbocycles. The van der Waals surface area contributed by atoms with Crippen molar-refractivity contribution in [2.45, 2.75) is 18.2 Å². The normalized spacial score (nSPS) is 11.6. The summed E-state index contributed by atoms with van der Waals surface area (Å²) in [4.78, 5) is 15.9. The fourth-order valence-electron chi connectivity index (χ4n) is 2.23. The number of rotatable bonds is 4. The van der Waals surface area contributed by atoms with Gasteiger partial charge in [0, 0.05) is 24.4 Å². The van der Waals surface area contributed by atoms with E-state index in [1.165, 1.54) is 6.26 Å². The van der Waals surface area contributed by atoms with E-state index in [0.29, 0.717) is 12.1 Å². The predicted molar refractivity (Wildman–Crippen MR) is 90.5 cm³/mol. The quantitative estimate of drug-likeness (QED) is 0.783. The molecule has 1 amide bonds. The first-order chi connectivity index (χ1) is 11.4. The van der Waals surface area contributed by atoms with Gasteiger partial charge in [0.1, 0.15) is 0 Å². The van der Waals surface area contributed by atoms with Crippen LogP contribution in [0.1, 0.15) is 13.3 Å². The third kappa shape index (κ3) is 3.28. The minimum atomic E-state index is -3.27. The Hall–Kier alpha value is -2.74. The molecule has 0 atom stereocenters. The smallest absolute Gasteiger partial charge is 0.249 e. The molecule has 3 aromatic rings. The van der Waals surface area contributed by atoms with Crippen LogP contribution in [0.3, 0.4) is 0 Å². The van der Waals surface area contributed by atoms with Crippen molar-refractivity contribution in [2.24, 2.45) is 0 Å². The van der Waals surface area contributed by atoms with Crippen LogP contribution in [0.2, 0.25) is 0 Å². The predicted octanol–water partition coefficient (Wildman–Crippen LogP) is 2.15. The Bertz CT molecular complexity index is 1020. The highest BCUT2D eigenvalue weighted by Crippen LogP contribution is 2.23. The maximum atomic E-state index is 11.7. The second kappa shape index (κ2) is 6.04. The molecule has 0 aliphatic heterocycles. The van der Waals surface area contributed by atoms with Gasteiger partial charge in [-0.15, -0.1) is 5.10 Å². The van der Waals surface area contributed by atoms with E-state index in [1.54, 1.807) is 41.9 Å². The van der Waals surface area contributed by atoms with E-state index in [-0.39, 0.29) is 16.8 Å². The lowest BCUT2D eigenvalue weighted by Crippen LogP contribution is -2.10. The van der Waals surface area contributed by atoms with Gasteiger partial charge in [-0.3, -0.25) is 10.1 Å². The molecule has 0 saturated carbocycles. The average molecular weight is 344 g/mol. The number of carbonyl (C=O) groups excluding carboxylic acids is 1. The van der Waals surface area contributed by atoms with Crippen molar-refractivity contribution in [1.82, 2.24) is 14.6 Å². The summed E-state index contributed by atoms with van der Waals surface area (Å²) < 4.78 is 24.9. The second-order valence-corrected chi connectivity index (χ2v) is 7.37. The first-order valence-corrected chi connectivity index (χ1v) is 9.23. The van der Waals surface area contributed by atoms with E-state index in [4.69, 9.17) is 0 Å². The number of sulfone groups is 1. The van der Waals surface area contributed by atoms with Crippen molar-refractivity contribution >= 4 is 27.3 Å². The summed E-state index contributed by atoms with van der Waals surface area (Å²) >= 11 is 0. The van der Waals surface area contributed by atoms with Gasteiger partial charge in [-0.25, -0.2) is 12.9 Å². The van der Waals surface area contributed by atoms with Gasteiger partial charge in [-0.1, -0.05) is 19.1 Å². The van der Waals surface area contributed by atoms with Crippen LogP contribution in [0.25, 0.3) is 16.8 Å². The van der Waals surface area contributed by atoms with Gasteiger partial charge < -0.3 is 0 Å². The molecular weight excluding hydrogens is 328 g/mol. The van der Waals surface area contributed by atoms with Crippen LogP contribution in [0.4, 0.5) is 5.95 Å². The lowest BCUT2D eigenvalue weighted by Gasteiger charge is -2.04. The Balaban J connectivity index is 2.00. The monoisotopic (exact) mass is 344 g/mol. The molecule has 124 valence electrons. The number of amides is 1. The van der Waals surface area contributed by atoms with Gasteiger partial charge in [0.05, 0.1) is 4.90 Å². The number of anilines is 1. The van der Waals surface area contributed by atoms with E-state index >= 15 is 0 Å². The molecule has 0 aliphatic carbocycles. The molecule has 0 aliphatic rings. The molecule has 7 nitrogen and oxygen atoms in total. The highest BCUT2D eigenvalue weighted by molar-refractivity contribution is 7.90. The Kier molecular flexibility index (Phi) is 4.06. The summed E-state index contributed by atoms with van der Waals surface area (Å²) in [6.07, 6.45) is 3.26. The van der Waals surface area contributed by atoms with Crippen LogP contribution >= 0.6 is 0 Å². The number of benzene rings is 1. The lowest BCUT2D eigenvalue weighted by molar-refractivity contribution is -0.115.